The minimum atomic E-state index is -1.33. The fraction of sp³-hybridized carbons (Fsp3) is 0.222. The molecule has 0 saturated heterocycles. The summed E-state index contributed by atoms with van der Waals surface area (Å²) in [4.78, 5) is 0. The van der Waals surface area contributed by atoms with Crippen LogP contribution in [0.3, 0.4) is 0 Å². The molecule has 2 aromatic rings. The molecule has 0 unspecified atom stereocenters. The molecule has 0 radical (unpaired) electrons. The Morgan fingerprint density at radius 2 is 1.57 bits per heavy atom. The van der Waals surface area contributed by atoms with Crippen molar-refractivity contribution in [3.05, 3.63) is 60.2 Å². The highest BCUT2D eigenvalue weighted by Gasteiger charge is 2.20. The molecule has 0 amide bonds. The summed E-state index contributed by atoms with van der Waals surface area (Å²) in [6, 6.07) is 9.31. The van der Waals surface area contributed by atoms with E-state index in [4.69, 9.17) is 5.11 Å². The fourth-order valence-electron chi connectivity index (χ4n) is 2.37. The number of rotatable bonds is 6. The normalized spacial score (nSPS) is 13.5. The first-order valence-corrected chi connectivity index (χ1v) is 7.21. The van der Waals surface area contributed by atoms with Crippen LogP contribution in [0.1, 0.15) is 17.2 Å². The third-order valence-corrected chi connectivity index (χ3v) is 3.64. The molecule has 0 spiro atoms. The van der Waals surface area contributed by atoms with Gasteiger partial charge in [-0.3, -0.25) is 0 Å². The number of phenols is 2. The summed E-state index contributed by atoms with van der Waals surface area (Å²) < 4.78 is 0. The molecule has 0 aromatic heterocycles. The predicted octanol–water partition coefficient (Wildman–Crippen LogP) is 1.88. The van der Waals surface area contributed by atoms with E-state index in [1.807, 2.05) is 0 Å². The molecule has 5 N–H and O–H groups in total. The molecule has 23 heavy (non-hydrogen) atoms. The predicted molar refractivity (Wildman–Crippen MR) is 87.2 cm³/mol. The zero-order valence-electron chi connectivity index (χ0n) is 12.6. The van der Waals surface area contributed by atoms with Crippen molar-refractivity contribution >= 4 is 0 Å². The first-order chi connectivity index (χ1) is 11.0. The molecule has 0 aliphatic carbocycles. The molecule has 0 aliphatic rings. The summed E-state index contributed by atoms with van der Waals surface area (Å²) in [5.74, 6) is -0.0760. The third kappa shape index (κ3) is 3.71. The molecular weight excluding hydrogens is 296 g/mol. The first-order valence-electron chi connectivity index (χ1n) is 7.21. The van der Waals surface area contributed by atoms with Crippen LogP contribution < -0.4 is 0 Å². The highest BCUT2D eigenvalue weighted by molar-refractivity contribution is 5.76. The van der Waals surface area contributed by atoms with Crippen molar-refractivity contribution in [3.8, 4) is 22.6 Å². The molecule has 0 bridgehead atoms. The lowest BCUT2D eigenvalue weighted by molar-refractivity contribution is -0.0152. The lowest BCUT2D eigenvalue weighted by Crippen LogP contribution is -2.22. The highest BCUT2D eigenvalue weighted by atomic mass is 16.4. The Morgan fingerprint density at radius 1 is 0.957 bits per heavy atom. The van der Waals surface area contributed by atoms with Crippen molar-refractivity contribution in [1.82, 2.24) is 0 Å². The smallest absolute Gasteiger partial charge is 0.123 e. The van der Waals surface area contributed by atoms with Crippen molar-refractivity contribution in [3.63, 3.8) is 0 Å². The Kier molecular flexibility index (Phi) is 5.39. The maximum Gasteiger partial charge on any atom is 0.123 e. The monoisotopic (exact) mass is 316 g/mol. The Morgan fingerprint density at radius 3 is 2.17 bits per heavy atom. The molecule has 0 saturated carbocycles. The first kappa shape index (κ1) is 17.0. The van der Waals surface area contributed by atoms with E-state index in [-0.39, 0.29) is 11.5 Å². The topological polar surface area (TPSA) is 101 Å². The molecule has 0 fully saturated rings. The highest BCUT2D eigenvalue weighted by Crippen LogP contribution is 2.38. The van der Waals surface area contributed by atoms with Gasteiger partial charge in [0.2, 0.25) is 0 Å². The quantitative estimate of drug-likeness (QED) is 0.524. The molecule has 0 aliphatic heterocycles. The zero-order chi connectivity index (χ0) is 17.0. The summed E-state index contributed by atoms with van der Waals surface area (Å²) in [5, 5.41) is 48.7. The van der Waals surface area contributed by atoms with Crippen molar-refractivity contribution in [2.45, 2.75) is 18.6 Å². The van der Waals surface area contributed by atoms with E-state index in [9.17, 15) is 20.4 Å². The van der Waals surface area contributed by atoms with Crippen LogP contribution in [0, 0.1) is 0 Å². The van der Waals surface area contributed by atoms with Gasteiger partial charge in [-0.25, -0.2) is 0 Å². The van der Waals surface area contributed by atoms with Crippen LogP contribution >= 0.6 is 0 Å². The molecule has 2 aromatic carbocycles. The molecule has 2 atom stereocenters. The van der Waals surface area contributed by atoms with Gasteiger partial charge in [-0.1, -0.05) is 18.2 Å². The number of allylic oxidation sites excluding steroid dienone is 1. The van der Waals surface area contributed by atoms with Crippen molar-refractivity contribution in [2.75, 3.05) is 6.61 Å². The van der Waals surface area contributed by atoms with Crippen LogP contribution in [0.5, 0.6) is 11.5 Å². The second kappa shape index (κ2) is 7.28. The summed E-state index contributed by atoms with van der Waals surface area (Å²) >= 11 is 0. The van der Waals surface area contributed by atoms with Crippen LogP contribution in [-0.4, -0.2) is 38.2 Å². The van der Waals surface area contributed by atoms with Gasteiger partial charge >= 0.3 is 0 Å². The lowest BCUT2D eigenvalue weighted by atomic mass is 9.95. The second-order valence-corrected chi connectivity index (χ2v) is 5.32. The van der Waals surface area contributed by atoms with E-state index in [2.05, 4.69) is 6.58 Å². The Balaban J connectivity index is 2.50. The van der Waals surface area contributed by atoms with Gasteiger partial charge in [-0.2, -0.15) is 0 Å². The number of aliphatic hydroxyl groups excluding tert-OH is 3. The number of aromatic hydroxyl groups is 2. The number of hydrogen-bond acceptors (Lipinski definition) is 5. The maximum atomic E-state index is 10.1. The van der Waals surface area contributed by atoms with Gasteiger partial charge in [0, 0.05) is 11.1 Å². The fourth-order valence-corrected chi connectivity index (χ4v) is 2.37. The molecule has 2 rings (SSSR count). The van der Waals surface area contributed by atoms with Gasteiger partial charge in [0.15, 0.2) is 0 Å². The Hall–Kier alpha value is -2.34. The molecule has 5 nitrogen and oxygen atoms in total. The van der Waals surface area contributed by atoms with E-state index in [0.717, 1.165) is 5.56 Å². The second-order valence-electron chi connectivity index (χ2n) is 5.32. The van der Waals surface area contributed by atoms with Crippen LogP contribution in [0.15, 0.2) is 49.1 Å². The molecule has 122 valence electrons. The van der Waals surface area contributed by atoms with Gasteiger partial charge in [-0.15, -0.1) is 6.58 Å². The van der Waals surface area contributed by atoms with Crippen molar-refractivity contribution in [2.24, 2.45) is 0 Å². The van der Waals surface area contributed by atoms with E-state index < -0.39 is 18.8 Å². The Bertz CT molecular complexity index is 696. The number of hydrogen-bond donors (Lipinski definition) is 5. The molecule has 5 heteroatoms. The molecular formula is C18H20O5. The number of aliphatic hydroxyl groups is 3. The van der Waals surface area contributed by atoms with Gasteiger partial charge in [-0.05, 0) is 41.8 Å². The van der Waals surface area contributed by atoms with Gasteiger partial charge < -0.3 is 25.5 Å². The minimum absolute atomic E-state index is 0.0116. The maximum absolute atomic E-state index is 10.1. The van der Waals surface area contributed by atoms with Crippen molar-refractivity contribution < 1.29 is 25.5 Å². The molecule has 0 heterocycles. The average molecular weight is 316 g/mol. The van der Waals surface area contributed by atoms with Gasteiger partial charge in [0.1, 0.15) is 23.7 Å². The summed E-state index contributed by atoms with van der Waals surface area (Å²) in [6.45, 7) is 3.08. The third-order valence-electron chi connectivity index (χ3n) is 3.64. The number of benzene rings is 2. The van der Waals surface area contributed by atoms with E-state index in [1.54, 1.807) is 18.2 Å². The SMILES string of the molecule is C=CCc1ccc(O)c(-c2cc([C@@H](O)[C@@H](O)CO)ccc2O)c1. The van der Waals surface area contributed by atoms with Crippen LogP contribution in [-0.2, 0) is 6.42 Å². The number of phenolic OH excluding ortho intramolecular Hbond substituents is 2. The minimum Gasteiger partial charge on any atom is -0.507 e. The summed E-state index contributed by atoms with van der Waals surface area (Å²) in [7, 11) is 0. The van der Waals surface area contributed by atoms with E-state index in [1.165, 1.54) is 24.3 Å². The average Bonchev–Trinajstić information content (AvgIpc) is 2.56. The van der Waals surface area contributed by atoms with E-state index in [0.29, 0.717) is 23.1 Å². The van der Waals surface area contributed by atoms with Crippen LogP contribution in [0.25, 0.3) is 11.1 Å². The summed E-state index contributed by atoms with van der Waals surface area (Å²) in [5.41, 5.74) is 1.98. The van der Waals surface area contributed by atoms with E-state index >= 15 is 0 Å². The van der Waals surface area contributed by atoms with Gasteiger partial charge in [0.05, 0.1) is 6.61 Å². The van der Waals surface area contributed by atoms with Crippen molar-refractivity contribution in [1.29, 1.82) is 0 Å². The largest absolute Gasteiger partial charge is 0.507 e. The standard InChI is InChI=1S/C18H20O5/c1-2-3-11-4-6-15(20)13(8-11)14-9-12(5-7-16(14)21)18(23)17(22)10-19/h2,4-9,17-23H,1,3,10H2/t17-,18+/m0/s1. The van der Waals surface area contributed by atoms with Gasteiger partial charge in [0.25, 0.3) is 0 Å². The van der Waals surface area contributed by atoms with Crippen LogP contribution in [0.2, 0.25) is 0 Å². The zero-order valence-corrected chi connectivity index (χ0v) is 12.6. The Labute approximate surface area is 134 Å². The lowest BCUT2D eigenvalue weighted by Gasteiger charge is -2.18. The summed E-state index contributed by atoms with van der Waals surface area (Å²) in [6.07, 6.45) is -0.279. The van der Waals surface area contributed by atoms with Crippen LogP contribution in [0.4, 0.5) is 0 Å².